The van der Waals surface area contributed by atoms with Crippen molar-refractivity contribution in [2.24, 2.45) is 7.05 Å². The Hall–Kier alpha value is -0.470. The molecule has 0 aliphatic heterocycles. The van der Waals surface area contributed by atoms with Crippen molar-refractivity contribution in [2.75, 3.05) is 0 Å². The van der Waals surface area contributed by atoms with Gasteiger partial charge in [0.25, 0.3) is 0 Å². The molecule has 0 spiro atoms. The molecule has 0 atom stereocenters. The van der Waals surface area contributed by atoms with Gasteiger partial charge in [-0.2, -0.15) is 0 Å². The third kappa shape index (κ3) is 3.84. The van der Waals surface area contributed by atoms with Crippen LogP contribution < -0.4 is 17.7 Å². The number of nitrogens with zero attached hydrogens (tertiary/aromatic N) is 1. The molecule has 1 N–H and O–H groups in total. The van der Waals surface area contributed by atoms with Gasteiger partial charge in [0.1, 0.15) is 0 Å². The molecule has 0 unspecified atom stereocenters. The maximum atomic E-state index is 3.68. The molecule has 0 saturated heterocycles. The predicted molar refractivity (Wildman–Crippen MR) is 63.7 cm³/mol. The first kappa shape index (κ1) is 13.6. The standard InChI is InChI=1S/C13H22N2.ClH/c1-15-10-6-9-13(15)11-14-12-7-4-2-3-5-8-12;/h6,9-10,12,14H,2-5,7-8,11H2,1H3;1H/p-1. The van der Waals surface area contributed by atoms with Gasteiger partial charge in [-0.1, -0.05) is 25.7 Å². The van der Waals surface area contributed by atoms with Crippen molar-refractivity contribution in [3.63, 3.8) is 0 Å². The Balaban J connectivity index is 0.00000128. The SMILES string of the molecule is Cn1cccc1CNC1CCCCCC1.[Cl-]. The van der Waals surface area contributed by atoms with Crippen molar-refractivity contribution in [3.05, 3.63) is 24.0 Å². The smallest absolute Gasteiger partial charge is 0.0361 e. The van der Waals surface area contributed by atoms with E-state index in [2.05, 4.69) is 35.3 Å². The lowest BCUT2D eigenvalue weighted by atomic mass is 10.1. The van der Waals surface area contributed by atoms with E-state index in [1.807, 2.05) is 0 Å². The third-order valence-corrected chi connectivity index (χ3v) is 3.48. The normalized spacial score (nSPS) is 17.8. The number of aromatic nitrogens is 1. The fourth-order valence-corrected chi connectivity index (χ4v) is 2.41. The van der Waals surface area contributed by atoms with Gasteiger partial charge >= 0.3 is 0 Å². The molecule has 2 rings (SSSR count). The number of halogens is 1. The molecular weight excluding hydrogens is 220 g/mol. The van der Waals surface area contributed by atoms with Crippen LogP contribution in [-0.4, -0.2) is 10.6 Å². The second-order valence-corrected chi connectivity index (χ2v) is 4.68. The molecule has 16 heavy (non-hydrogen) atoms. The summed E-state index contributed by atoms with van der Waals surface area (Å²) in [7, 11) is 2.12. The van der Waals surface area contributed by atoms with Crippen molar-refractivity contribution in [1.82, 2.24) is 9.88 Å². The molecule has 1 aliphatic carbocycles. The number of aryl methyl sites for hydroxylation is 1. The second-order valence-electron chi connectivity index (χ2n) is 4.68. The molecule has 0 amide bonds. The second kappa shape index (κ2) is 6.97. The summed E-state index contributed by atoms with van der Waals surface area (Å²) in [5.74, 6) is 0. The molecule has 1 aromatic rings. The van der Waals surface area contributed by atoms with E-state index in [1.54, 1.807) is 0 Å². The molecule has 1 heterocycles. The maximum Gasteiger partial charge on any atom is 0.0361 e. The van der Waals surface area contributed by atoms with Crippen LogP contribution in [0, 0.1) is 0 Å². The fourth-order valence-electron chi connectivity index (χ4n) is 2.41. The Kier molecular flexibility index (Phi) is 5.93. The minimum atomic E-state index is 0. The first-order valence-electron chi connectivity index (χ1n) is 6.20. The van der Waals surface area contributed by atoms with E-state index in [9.17, 15) is 0 Å². The molecule has 1 aromatic heterocycles. The topological polar surface area (TPSA) is 17.0 Å². The van der Waals surface area contributed by atoms with Gasteiger partial charge < -0.3 is 22.3 Å². The largest absolute Gasteiger partial charge is 1.00 e. The summed E-state index contributed by atoms with van der Waals surface area (Å²) in [6.45, 7) is 1.02. The zero-order valence-electron chi connectivity index (χ0n) is 10.1. The molecule has 0 radical (unpaired) electrons. The first-order chi connectivity index (χ1) is 7.36. The summed E-state index contributed by atoms with van der Waals surface area (Å²) in [5, 5.41) is 3.68. The van der Waals surface area contributed by atoms with E-state index in [1.165, 1.54) is 44.2 Å². The Morgan fingerprint density at radius 2 is 1.94 bits per heavy atom. The minimum Gasteiger partial charge on any atom is -1.00 e. The van der Waals surface area contributed by atoms with Crippen molar-refractivity contribution in [1.29, 1.82) is 0 Å². The van der Waals surface area contributed by atoms with Gasteiger partial charge in [-0.3, -0.25) is 0 Å². The average molecular weight is 242 g/mol. The maximum absolute atomic E-state index is 3.68. The predicted octanol–water partition coefficient (Wildman–Crippen LogP) is -0.158. The number of nitrogens with one attached hydrogen (secondary N) is 1. The van der Waals surface area contributed by atoms with Crippen LogP contribution in [0.15, 0.2) is 18.3 Å². The van der Waals surface area contributed by atoms with Crippen LogP contribution in [-0.2, 0) is 13.6 Å². The van der Waals surface area contributed by atoms with Crippen LogP contribution in [0.5, 0.6) is 0 Å². The molecule has 1 saturated carbocycles. The summed E-state index contributed by atoms with van der Waals surface area (Å²) in [4.78, 5) is 0. The molecule has 2 nitrogen and oxygen atoms in total. The van der Waals surface area contributed by atoms with Gasteiger partial charge in [-0.05, 0) is 25.0 Å². The summed E-state index contributed by atoms with van der Waals surface area (Å²) in [5.41, 5.74) is 1.39. The van der Waals surface area contributed by atoms with E-state index in [4.69, 9.17) is 0 Å². The lowest BCUT2D eigenvalue weighted by molar-refractivity contribution is -0.00000331. The number of hydrogen-bond donors (Lipinski definition) is 1. The van der Waals surface area contributed by atoms with E-state index >= 15 is 0 Å². The Labute approximate surface area is 105 Å². The van der Waals surface area contributed by atoms with Gasteiger partial charge in [-0.25, -0.2) is 0 Å². The number of rotatable bonds is 3. The van der Waals surface area contributed by atoms with E-state index < -0.39 is 0 Å². The lowest BCUT2D eigenvalue weighted by Crippen LogP contribution is -3.00. The van der Waals surface area contributed by atoms with E-state index in [-0.39, 0.29) is 12.4 Å². The van der Waals surface area contributed by atoms with Crippen LogP contribution in [0.3, 0.4) is 0 Å². The first-order valence-corrected chi connectivity index (χ1v) is 6.20. The number of hydrogen-bond acceptors (Lipinski definition) is 1. The van der Waals surface area contributed by atoms with Gasteiger partial charge in [0.05, 0.1) is 0 Å². The van der Waals surface area contributed by atoms with Gasteiger partial charge in [0, 0.05) is 31.5 Å². The van der Waals surface area contributed by atoms with Crippen molar-refractivity contribution in [3.8, 4) is 0 Å². The minimum absolute atomic E-state index is 0. The zero-order valence-corrected chi connectivity index (χ0v) is 10.8. The highest BCUT2D eigenvalue weighted by Gasteiger charge is 2.11. The summed E-state index contributed by atoms with van der Waals surface area (Å²) in [6.07, 6.45) is 10.5. The van der Waals surface area contributed by atoms with Crippen molar-refractivity contribution in [2.45, 2.75) is 51.1 Å². The van der Waals surface area contributed by atoms with Crippen LogP contribution in [0.4, 0.5) is 0 Å². The van der Waals surface area contributed by atoms with Crippen LogP contribution in [0.2, 0.25) is 0 Å². The lowest BCUT2D eigenvalue weighted by Gasteiger charge is -2.16. The highest BCUT2D eigenvalue weighted by Crippen LogP contribution is 2.17. The average Bonchev–Trinajstić information content (AvgIpc) is 2.53. The molecule has 3 heteroatoms. The molecule has 0 aromatic carbocycles. The Bertz CT molecular complexity index is 288. The van der Waals surface area contributed by atoms with Gasteiger partial charge in [0.2, 0.25) is 0 Å². The third-order valence-electron chi connectivity index (χ3n) is 3.48. The van der Waals surface area contributed by atoms with Crippen LogP contribution in [0.1, 0.15) is 44.2 Å². The van der Waals surface area contributed by atoms with E-state index in [0.717, 1.165) is 12.6 Å². The molecule has 92 valence electrons. The quantitative estimate of drug-likeness (QED) is 0.728. The molecule has 0 bridgehead atoms. The van der Waals surface area contributed by atoms with Crippen molar-refractivity contribution >= 4 is 0 Å². The molecule has 1 aliphatic rings. The van der Waals surface area contributed by atoms with Gasteiger partial charge in [-0.15, -0.1) is 0 Å². The van der Waals surface area contributed by atoms with Gasteiger partial charge in [0.15, 0.2) is 0 Å². The summed E-state index contributed by atoms with van der Waals surface area (Å²) in [6, 6.07) is 5.07. The Morgan fingerprint density at radius 3 is 2.50 bits per heavy atom. The van der Waals surface area contributed by atoms with Crippen LogP contribution in [0.25, 0.3) is 0 Å². The molecule has 1 fully saturated rings. The summed E-state index contributed by atoms with van der Waals surface area (Å²) >= 11 is 0. The Morgan fingerprint density at radius 1 is 1.25 bits per heavy atom. The highest BCUT2D eigenvalue weighted by atomic mass is 35.5. The van der Waals surface area contributed by atoms with Crippen LogP contribution >= 0.6 is 0 Å². The monoisotopic (exact) mass is 241 g/mol. The van der Waals surface area contributed by atoms with Crippen molar-refractivity contribution < 1.29 is 12.4 Å². The molecular formula is C13H22ClN2-. The summed E-state index contributed by atoms with van der Waals surface area (Å²) < 4.78 is 2.20. The fraction of sp³-hybridized carbons (Fsp3) is 0.692. The highest BCUT2D eigenvalue weighted by molar-refractivity contribution is 5.06. The van der Waals surface area contributed by atoms with E-state index in [0.29, 0.717) is 0 Å². The zero-order chi connectivity index (χ0) is 10.5.